The summed E-state index contributed by atoms with van der Waals surface area (Å²) >= 11 is 6.33. The molecule has 0 aliphatic heterocycles. The van der Waals surface area contributed by atoms with Gasteiger partial charge in [-0.15, -0.1) is 11.6 Å². The van der Waals surface area contributed by atoms with E-state index in [1.807, 2.05) is 19.2 Å². The van der Waals surface area contributed by atoms with Gasteiger partial charge in [0.2, 0.25) is 0 Å². The first-order valence-electron chi connectivity index (χ1n) is 7.20. The lowest BCUT2D eigenvalue weighted by Crippen LogP contribution is -2.26. The molecule has 20 heavy (non-hydrogen) atoms. The molecule has 0 radical (unpaired) electrons. The first kappa shape index (κ1) is 15.3. The lowest BCUT2D eigenvalue weighted by Gasteiger charge is -2.30. The summed E-state index contributed by atoms with van der Waals surface area (Å²) in [5.41, 5.74) is 3.23. The van der Waals surface area contributed by atoms with Crippen LogP contribution in [0.4, 0.5) is 0 Å². The zero-order chi connectivity index (χ0) is 15.1. The summed E-state index contributed by atoms with van der Waals surface area (Å²) in [6.45, 7) is 14.0. The molecule has 0 amide bonds. The molecule has 0 saturated heterocycles. The first-order valence-corrected chi connectivity index (χ1v) is 7.63. The summed E-state index contributed by atoms with van der Waals surface area (Å²) in [5, 5.41) is -0.119. The maximum atomic E-state index is 6.33. The Morgan fingerprint density at radius 1 is 1.30 bits per heavy atom. The quantitative estimate of drug-likeness (QED) is 0.764. The maximum absolute atomic E-state index is 6.33. The summed E-state index contributed by atoms with van der Waals surface area (Å²) in [4.78, 5) is 9.25. The van der Waals surface area contributed by atoms with Crippen molar-refractivity contribution in [3.8, 4) is 0 Å². The van der Waals surface area contributed by atoms with E-state index < -0.39 is 0 Å². The van der Waals surface area contributed by atoms with Crippen molar-refractivity contribution in [3.05, 3.63) is 23.7 Å². The van der Waals surface area contributed by atoms with E-state index in [1.54, 1.807) is 0 Å². The first-order chi connectivity index (χ1) is 9.24. The van der Waals surface area contributed by atoms with Crippen LogP contribution < -0.4 is 0 Å². The van der Waals surface area contributed by atoms with Gasteiger partial charge >= 0.3 is 0 Å². The van der Waals surface area contributed by atoms with Gasteiger partial charge in [-0.2, -0.15) is 0 Å². The third-order valence-electron chi connectivity index (χ3n) is 4.35. The van der Waals surface area contributed by atoms with E-state index in [9.17, 15) is 0 Å². The Balaban J connectivity index is 2.61. The molecule has 110 valence electrons. The average molecular weight is 294 g/mol. The van der Waals surface area contributed by atoms with E-state index in [4.69, 9.17) is 16.6 Å². The van der Waals surface area contributed by atoms with Crippen molar-refractivity contribution in [2.75, 3.05) is 0 Å². The van der Waals surface area contributed by atoms with Crippen molar-refractivity contribution in [2.45, 2.75) is 53.5 Å². The van der Waals surface area contributed by atoms with Gasteiger partial charge < -0.3 is 4.57 Å². The number of hydrogen-bond donors (Lipinski definition) is 0. The number of pyridine rings is 1. The number of imidazole rings is 1. The van der Waals surface area contributed by atoms with Crippen molar-refractivity contribution < 1.29 is 0 Å². The zero-order valence-electron chi connectivity index (χ0n) is 13.2. The monoisotopic (exact) mass is 293 g/mol. The molecule has 0 spiro atoms. The SMILES string of the molecule is Cc1ccnc2c1nc(C(C)Cl)n2CC(C)(C)C(C)C. The van der Waals surface area contributed by atoms with Crippen LogP contribution in [0.25, 0.3) is 11.2 Å². The van der Waals surface area contributed by atoms with Gasteiger partial charge in [0.15, 0.2) is 5.65 Å². The van der Waals surface area contributed by atoms with Crippen molar-refractivity contribution in [1.82, 2.24) is 14.5 Å². The highest BCUT2D eigenvalue weighted by molar-refractivity contribution is 6.20. The van der Waals surface area contributed by atoms with Crippen LogP contribution in [0.15, 0.2) is 12.3 Å². The second-order valence-corrected chi connectivity index (χ2v) is 7.27. The highest BCUT2D eigenvalue weighted by Crippen LogP contribution is 2.33. The van der Waals surface area contributed by atoms with Crippen LogP contribution in [-0.2, 0) is 6.54 Å². The highest BCUT2D eigenvalue weighted by Gasteiger charge is 2.27. The topological polar surface area (TPSA) is 30.7 Å². The Morgan fingerprint density at radius 2 is 1.95 bits per heavy atom. The van der Waals surface area contributed by atoms with Crippen LogP contribution in [-0.4, -0.2) is 14.5 Å². The van der Waals surface area contributed by atoms with Gasteiger partial charge in [0.05, 0.1) is 5.38 Å². The molecule has 2 rings (SSSR count). The molecule has 0 aliphatic carbocycles. The zero-order valence-corrected chi connectivity index (χ0v) is 14.0. The summed E-state index contributed by atoms with van der Waals surface area (Å²) in [5.74, 6) is 1.49. The van der Waals surface area contributed by atoms with E-state index >= 15 is 0 Å². The molecule has 1 atom stereocenters. The van der Waals surface area contributed by atoms with Crippen LogP contribution in [0.3, 0.4) is 0 Å². The van der Waals surface area contributed by atoms with E-state index in [2.05, 4.69) is 44.2 Å². The summed E-state index contributed by atoms with van der Waals surface area (Å²) in [6.07, 6.45) is 1.85. The largest absolute Gasteiger partial charge is 0.311 e. The van der Waals surface area contributed by atoms with Crippen LogP contribution in [0.1, 0.15) is 51.4 Å². The van der Waals surface area contributed by atoms with Gasteiger partial charge in [-0.3, -0.25) is 0 Å². The Kier molecular flexibility index (Phi) is 4.10. The van der Waals surface area contributed by atoms with Gasteiger partial charge in [0.25, 0.3) is 0 Å². The van der Waals surface area contributed by atoms with E-state index in [0.717, 1.165) is 29.1 Å². The van der Waals surface area contributed by atoms with E-state index in [1.165, 1.54) is 0 Å². The molecule has 2 aromatic rings. The average Bonchev–Trinajstić information content (AvgIpc) is 2.69. The molecule has 0 fully saturated rings. The van der Waals surface area contributed by atoms with Crippen LogP contribution >= 0.6 is 11.6 Å². The van der Waals surface area contributed by atoms with Crippen LogP contribution in [0.5, 0.6) is 0 Å². The number of aromatic nitrogens is 3. The van der Waals surface area contributed by atoms with Crippen LogP contribution in [0.2, 0.25) is 0 Å². The normalized spacial score (nSPS) is 14.2. The summed E-state index contributed by atoms with van der Waals surface area (Å²) < 4.78 is 2.19. The smallest absolute Gasteiger partial charge is 0.160 e. The molecule has 0 bridgehead atoms. The fourth-order valence-corrected chi connectivity index (χ4v) is 2.37. The van der Waals surface area contributed by atoms with Gasteiger partial charge in [0.1, 0.15) is 11.3 Å². The summed E-state index contributed by atoms with van der Waals surface area (Å²) in [7, 11) is 0. The van der Waals surface area contributed by atoms with E-state index in [0.29, 0.717) is 5.92 Å². The number of halogens is 1. The number of rotatable bonds is 4. The minimum atomic E-state index is -0.119. The molecule has 0 aromatic carbocycles. The second kappa shape index (κ2) is 5.36. The lowest BCUT2D eigenvalue weighted by atomic mass is 9.81. The fourth-order valence-electron chi connectivity index (χ4n) is 2.20. The summed E-state index contributed by atoms with van der Waals surface area (Å²) in [6, 6.07) is 2.00. The standard InChI is InChI=1S/C16H24ClN3/c1-10(2)16(5,6)9-20-14(12(4)17)19-13-11(3)7-8-18-15(13)20/h7-8,10,12H,9H2,1-6H3. The molecular weight excluding hydrogens is 270 g/mol. The second-order valence-electron chi connectivity index (χ2n) is 6.62. The number of fused-ring (bicyclic) bond motifs is 1. The number of hydrogen-bond acceptors (Lipinski definition) is 2. The molecule has 2 aromatic heterocycles. The third-order valence-corrected chi connectivity index (χ3v) is 4.54. The molecule has 0 saturated carbocycles. The Morgan fingerprint density at radius 3 is 2.50 bits per heavy atom. The lowest BCUT2D eigenvalue weighted by molar-refractivity contribution is 0.210. The molecule has 2 heterocycles. The number of aryl methyl sites for hydroxylation is 1. The van der Waals surface area contributed by atoms with Crippen molar-refractivity contribution >= 4 is 22.8 Å². The molecule has 3 nitrogen and oxygen atoms in total. The number of nitrogens with zero attached hydrogens (tertiary/aromatic N) is 3. The Bertz CT molecular complexity index is 611. The van der Waals surface area contributed by atoms with Gasteiger partial charge in [-0.25, -0.2) is 9.97 Å². The minimum absolute atomic E-state index is 0.119. The molecule has 4 heteroatoms. The van der Waals surface area contributed by atoms with Gasteiger partial charge in [0, 0.05) is 12.7 Å². The third kappa shape index (κ3) is 2.69. The maximum Gasteiger partial charge on any atom is 0.160 e. The molecule has 0 aliphatic rings. The Labute approximate surface area is 126 Å². The van der Waals surface area contributed by atoms with Crippen molar-refractivity contribution in [1.29, 1.82) is 0 Å². The highest BCUT2D eigenvalue weighted by atomic mass is 35.5. The van der Waals surface area contributed by atoms with Gasteiger partial charge in [-0.05, 0) is 36.8 Å². The predicted octanol–water partition coefficient (Wildman–Crippen LogP) is 4.72. The minimum Gasteiger partial charge on any atom is -0.311 e. The Hall–Kier alpha value is -1.09. The van der Waals surface area contributed by atoms with Gasteiger partial charge in [-0.1, -0.05) is 27.7 Å². The predicted molar refractivity (Wildman–Crippen MR) is 85.2 cm³/mol. The van der Waals surface area contributed by atoms with Crippen LogP contribution in [0, 0.1) is 18.3 Å². The molecular formula is C16H24ClN3. The molecule has 0 N–H and O–H groups in total. The number of alkyl halides is 1. The fraction of sp³-hybridized carbons (Fsp3) is 0.625. The van der Waals surface area contributed by atoms with Crippen molar-refractivity contribution in [2.24, 2.45) is 11.3 Å². The van der Waals surface area contributed by atoms with Crippen molar-refractivity contribution in [3.63, 3.8) is 0 Å². The van der Waals surface area contributed by atoms with E-state index in [-0.39, 0.29) is 10.8 Å². The molecule has 1 unspecified atom stereocenters.